The van der Waals surface area contributed by atoms with Crippen molar-refractivity contribution >= 4 is 23.6 Å². The summed E-state index contributed by atoms with van der Waals surface area (Å²) in [6.45, 7) is 3.63. The molecule has 0 saturated heterocycles. The quantitative estimate of drug-likeness (QED) is 0.158. The molecule has 0 heterocycles. The number of aliphatic hydroxyl groups is 1. The van der Waals surface area contributed by atoms with Gasteiger partial charge in [0, 0.05) is 18.2 Å². The number of aliphatic hydroxyl groups excluding tert-OH is 1. The largest absolute Gasteiger partial charge is 0.465 e. The Labute approximate surface area is 180 Å². The highest BCUT2D eigenvalue weighted by molar-refractivity contribution is 6.01. The number of carbonyl (C=O) groups excluding carboxylic acids is 2. The first-order chi connectivity index (χ1) is 14.7. The van der Waals surface area contributed by atoms with Crippen LogP contribution in [-0.4, -0.2) is 55.3 Å². The second-order valence-electron chi connectivity index (χ2n) is 5.94. The lowest BCUT2D eigenvalue weighted by molar-refractivity contribution is 0.0592. The number of nitrogens with one attached hydrogen (secondary N) is 1. The van der Waals surface area contributed by atoms with Gasteiger partial charge in [0.15, 0.2) is 5.84 Å². The van der Waals surface area contributed by atoms with Crippen LogP contribution in [0.4, 0.5) is 0 Å². The Morgan fingerprint density at radius 2 is 1.26 bits per heavy atom. The Balaban J connectivity index is 0.000000539. The van der Waals surface area contributed by atoms with Gasteiger partial charge in [-0.2, -0.15) is 0 Å². The summed E-state index contributed by atoms with van der Waals surface area (Å²) in [5.74, 6) is -0.957. The third kappa shape index (κ3) is 7.78. The minimum atomic E-state index is -0.456. The zero-order valence-corrected chi connectivity index (χ0v) is 18.1. The third-order valence-electron chi connectivity index (χ3n) is 3.99. The average Bonchev–Trinajstić information content (AvgIpc) is 2.79. The summed E-state index contributed by atoms with van der Waals surface area (Å²) in [4.78, 5) is 22.4. The molecule has 7 N–H and O–H groups in total. The molecule has 0 radical (unpaired) electrons. The van der Waals surface area contributed by atoms with Crippen LogP contribution in [-0.2, 0) is 9.47 Å². The molecule has 31 heavy (non-hydrogen) atoms. The summed E-state index contributed by atoms with van der Waals surface area (Å²) in [6.07, 6.45) is 0. The van der Waals surface area contributed by atoms with Crippen LogP contribution >= 0.6 is 0 Å². The minimum Gasteiger partial charge on any atom is -0.465 e. The van der Waals surface area contributed by atoms with E-state index < -0.39 is 11.9 Å². The molecule has 0 aliphatic rings. The van der Waals surface area contributed by atoms with Crippen molar-refractivity contribution in [3.63, 3.8) is 0 Å². The van der Waals surface area contributed by atoms with Crippen molar-refractivity contribution in [1.29, 1.82) is 5.41 Å². The van der Waals surface area contributed by atoms with E-state index >= 15 is 0 Å². The summed E-state index contributed by atoms with van der Waals surface area (Å²) in [6, 6.07) is 9.80. The van der Waals surface area contributed by atoms with Gasteiger partial charge in [-0.05, 0) is 49.2 Å². The van der Waals surface area contributed by atoms with E-state index in [0.29, 0.717) is 22.3 Å². The number of aryl methyl sites for hydroxylation is 2. The van der Waals surface area contributed by atoms with Gasteiger partial charge in [0.2, 0.25) is 0 Å². The van der Waals surface area contributed by atoms with Gasteiger partial charge >= 0.3 is 11.9 Å². The maximum absolute atomic E-state index is 11.2. The van der Waals surface area contributed by atoms with Gasteiger partial charge in [0.05, 0.1) is 25.3 Å². The fourth-order valence-corrected chi connectivity index (χ4v) is 2.35. The van der Waals surface area contributed by atoms with Gasteiger partial charge in [-0.1, -0.05) is 17.3 Å². The van der Waals surface area contributed by atoms with Crippen LogP contribution < -0.4 is 11.5 Å². The predicted molar refractivity (Wildman–Crippen MR) is 117 cm³/mol. The van der Waals surface area contributed by atoms with Gasteiger partial charge < -0.3 is 31.3 Å². The summed E-state index contributed by atoms with van der Waals surface area (Å²) < 4.78 is 9.12. The first-order valence-electron chi connectivity index (χ1n) is 8.81. The second kappa shape index (κ2) is 13.3. The van der Waals surface area contributed by atoms with Gasteiger partial charge in [-0.15, -0.1) is 0 Å². The molecule has 0 saturated carbocycles. The molecule has 0 spiro atoms. The Morgan fingerprint density at radius 3 is 1.61 bits per heavy atom. The maximum atomic E-state index is 11.2. The molecular formula is C21H28N4O6. The predicted octanol–water partition coefficient (Wildman–Crippen LogP) is 1.55. The molecule has 2 aromatic rings. The lowest BCUT2D eigenvalue weighted by atomic mass is 10.0. The number of rotatable bonds is 4. The van der Waals surface area contributed by atoms with Gasteiger partial charge in [-0.3, -0.25) is 5.41 Å². The molecule has 10 heteroatoms. The van der Waals surface area contributed by atoms with Crippen LogP contribution in [0.5, 0.6) is 0 Å². The number of esters is 2. The minimum absolute atomic E-state index is 0.0294. The number of hydrogen-bond acceptors (Lipinski definition) is 8. The van der Waals surface area contributed by atoms with Crippen LogP contribution in [0, 0.1) is 19.3 Å². The van der Waals surface area contributed by atoms with E-state index in [4.69, 9.17) is 27.2 Å². The molecule has 2 aromatic carbocycles. The summed E-state index contributed by atoms with van der Waals surface area (Å²) in [7, 11) is 3.61. The highest BCUT2D eigenvalue weighted by Crippen LogP contribution is 2.12. The van der Waals surface area contributed by atoms with Crippen molar-refractivity contribution in [2.45, 2.75) is 13.8 Å². The molecule has 2 rings (SSSR count). The van der Waals surface area contributed by atoms with Crippen LogP contribution in [0.15, 0.2) is 41.6 Å². The van der Waals surface area contributed by atoms with E-state index in [1.165, 1.54) is 20.3 Å². The first kappa shape index (κ1) is 27.1. The summed E-state index contributed by atoms with van der Waals surface area (Å²) >= 11 is 0. The van der Waals surface area contributed by atoms with Crippen molar-refractivity contribution in [3.8, 4) is 0 Å². The molecule has 0 bridgehead atoms. The molecule has 0 amide bonds. The standard InChI is InChI=1S/C10H12N2O3.C10H12N2O2.CH4O/c1-6-3-4-7(10(13)15-2)5-8(6)9(11)12-14;1-6-3-4-7(10(13)14-2)5-8(6)9(11)12;1-2/h3-5,14H,1-2H3,(H2,11,12);3-5H,1-2H3,(H3,11,12);2H,1H3. The smallest absolute Gasteiger partial charge is 0.337 e. The molecule has 0 atom stereocenters. The van der Waals surface area contributed by atoms with Crippen LogP contribution in [0.2, 0.25) is 0 Å². The van der Waals surface area contributed by atoms with Gasteiger partial charge in [0.25, 0.3) is 0 Å². The SMILES string of the molecule is CO.COC(=O)c1ccc(C)c(/C(N)=N/O)c1.COC(=O)c1ccc(C)c(C(=N)N)c1. The van der Waals surface area contributed by atoms with E-state index in [1.807, 2.05) is 6.92 Å². The Morgan fingerprint density at radius 1 is 0.871 bits per heavy atom. The topological polar surface area (TPSA) is 181 Å². The van der Waals surface area contributed by atoms with Crippen LogP contribution in [0.25, 0.3) is 0 Å². The molecule has 168 valence electrons. The van der Waals surface area contributed by atoms with E-state index in [9.17, 15) is 9.59 Å². The monoisotopic (exact) mass is 432 g/mol. The van der Waals surface area contributed by atoms with Crippen molar-refractivity contribution in [1.82, 2.24) is 0 Å². The van der Waals surface area contributed by atoms with Crippen molar-refractivity contribution in [3.05, 3.63) is 69.8 Å². The van der Waals surface area contributed by atoms with Gasteiger partial charge in [-0.25, -0.2) is 9.59 Å². The maximum Gasteiger partial charge on any atom is 0.337 e. The van der Waals surface area contributed by atoms with E-state index in [2.05, 4.69) is 14.6 Å². The van der Waals surface area contributed by atoms with E-state index in [0.717, 1.165) is 18.2 Å². The number of oxime groups is 1. The number of methoxy groups -OCH3 is 2. The Bertz CT molecular complexity index is 957. The van der Waals surface area contributed by atoms with Crippen molar-refractivity contribution < 1.29 is 29.4 Å². The molecule has 0 aliphatic heterocycles. The molecule has 0 aliphatic carbocycles. The van der Waals surface area contributed by atoms with Crippen molar-refractivity contribution in [2.24, 2.45) is 16.6 Å². The van der Waals surface area contributed by atoms with Crippen LogP contribution in [0.3, 0.4) is 0 Å². The molecular weight excluding hydrogens is 404 g/mol. The number of carbonyl (C=O) groups is 2. The normalized spacial score (nSPS) is 9.94. The Hall–Kier alpha value is -3.92. The molecule has 0 unspecified atom stereocenters. The fraction of sp³-hybridized carbons (Fsp3) is 0.238. The number of hydrogen-bond donors (Lipinski definition) is 5. The highest BCUT2D eigenvalue weighted by Gasteiger charge is 2.10. The summed E-state index contributed by atoms with van der Waals surface area (Å²) in [5.41, 5.74) is 14.3. The lowest BCUT2D eigenvalue weighted by Crippen LogP contribution is -2.16. The molecule has 0 fully saturated rings. The van der Waals surface area contributed by atoms with Gasteiger partial charge in [0.1, 0.15) is 5.84 Å². The van der Waals surface area contributed by atoms with Crippen molar-refractivity contribution in [2.75, 3.05) is 21.3 Å². The molecule has 0 aromatic heterocycles. The zero-order valence-electron chi connectivity index (χ0n) is 18.1. The third-order valence-corrected chi connectivity index (χ3v) is 3.99. The Kier molecular flexibility index (Phi) is 11.6. The number of ether oxygens (including phenoxy) is 2. The summed E-state index contributed by atoms with van der Waals surface area (Å²) in [5, 5.41) is 25.7. The number of nitrogens with zero attached hydrogens (tertiary/aromatic N) is 1. The number of nitrogen functional groups attached to an aromatic ring is 1. The number of nitrogens with two attached hydrogens (primary N) is 2. The number of amidine groups is 2. The second-order valence-corrected chi connectivity index (χ2v) is 5.94. The van der Waals surface area contributed by atoms with E-state index in [1.54, 1.807) is 37.3 Å². The fourth-order valence-electron chi connectivity index (χ4n) is 2.35. The lowest BCUT2D eigenvalue weighted by Gasteiger charge is -2.05. The number of benzene rings is 2. The first-order valence-corrected chi connectivity index (χ1v) is 8.81. The molecule has 10 nitrogen and oxygen atoms in total. The van der Waals surface area contributed by atoms with Crippen LogP contribution in [0.1, 0.15) is 43.0 Å². The average molecular weight is 432 g/mol. The van der Waals surface area contributed by atoms with E-state index in [-0.39, 0.29) is 11.7 Å². The zero-order chi connectivity index (χ0) is 24.1. The highest BCUT2D eigenvalue weighted by atomic mass is 16.5.